The van der Waals surface area contributed by atoms with Crippen molar-refractivity contribution in [2.75, 3.05) is 23.1 Å². The van der Waals surface area contributed by atoms with E-state index in [0.29, 0.717) is 12.1 Å². The Hall–Kier alpha value is -3.90. The fourth-order valence-corrected chi connectivity index (χ4v) is 6.08. The van der Waals surface area contributed by atoms with Gasteiger partial charge in [-0.25, -0.2) is 27.0 Å². The van der Waals surface area contributed by atoms with Gasteiger partial charge in [0.25, 0.3) is 10.0 Å². The number of amides is 1. The van der Waals surface area contributed by atoms with Crippen LogP contribution < -0.4 is 19.5 Å². The number of aromatic nitrogens is 1. The number of nitrogens with one attached hydrogen (secondary N) is 1. The molecule has 0 bridgehead atoms. The number of hydrogen-bond acceptors (Lipinski definition) is 7. The number of nitrogens with zero attached hydrogens (tertiary/aromatic N) is 2. The lowest BCUT2D eigenvalue weighted by molar-refractivity contribution is -0.141. The molecule has 0 aliphatic carbocycles. The maximum atomic E-state index is 13.7. The first-order valence-electron chi connectivity index (χ1n) is 12.2. The first kappa shape index (κ1) is 32.0. The van der Waals surface area contributed by atoms with Crippen LogP contribution in [0.2, 0.25) is 0 Å². The summed E-state index contributed by atoms with van der Waals surface area (Å²) in [5.74, 6) is -1.52. The number of ether oxygens (including phenoxy) is 1. The van der Waals surface area contributed by atoms with Crippen LogP contribution in [0, 0.1) is 0 Å². The highest BCUT2D eigenvalue weighted by Crippen LogP contribution is 2.41. The molecule has 0 spiro atoms. The van der Waals surface area contributed by atoms with Gasteiger partial charge in [-0.05, 0) is 48.5 Å². The second-order valence-electron chi connectivity index (χ2n) is 9.31. The number of fused-ring (bicyclic) bond motifs is 1. The van der Waals surface area contributed by atoms with Crippen LogP contribution in [-0.2, 0) is 37.2 Å². The molecule has 10 nitrogen and oxygen atoms in total. The minimum Gasteiger partial charge on any atom is -0.484 e. The van der Waals surface area contributed by atoms with Gasteiger partial charge in [-0.1, -0.05) is 12.1 Å². The Morgan fingerprint density at radius 1 is 0.977 bits per heavy atom. The molecule has 0 fully saturated rings. The standard InChI is InChI=1S/C25H22F6N4O6S2/c26-24(27,28)16-3-1-4-18(12-16)43(39,40)35-14-17(13-33-23(36)9-10-42(32,37)38)41-21-8-7-15(11-20(21)35)19-5-2-6-22(34-19)25(29,30)31/h1-8,11-12,17H,9-10,13-14H2,(H,33,36)(H2,32,37,38)/t17-/m0/s1. The fourth-order valence-electron chi connectivity index (χ4n) is 4.07. The number of rotatable bonds is 8. The highest BCUT2D eigenvalue weighted by Gasteiger charge is 2.38. The van der Waals surface area contributed by atoms with Gasteiger partial charge in [-0.2, -0.15) is 26.3 Å². The number of sulfonamides is 2. The van der Waals surface area contributed by atoms with Crippen molar-refractivity contribution >= 4 is 31.6 Å². The predicted molar refractivity (Wildman–Crippen MR) is 141 cm³/mol. The van der Waals surface area contributed by atoms with Crippen LogP contribution in [0.25, 0.3) is 11.3 Å². The number of hydrogen-bond donors (Lipinski definition) is 2. The lowest BCUT2D eigenvalue weighted by atomic mass is 10.1. The van der Waals surface area contributed by atoms with Gasteiger partial charge in [0.05, 0.1) is 40.7 Å². The molecule has 0 saturated heterocycles. The maximum absolute atomic E-state index is 13.7. The molecule has 0 saturated carbocycles. The fraction of sp³-hybridized carbons (Fsp3) is 0.280. The molecular formula is C25H22F6N4O6S2. The van der Waals surface area contributed by atoms with E-state index in [1.54, 1.807) is 0 Å². The quantitative estimate of drug-likeness (QED) is 0.354. The van der Waals surface area contributed by atoms with E-state index >= 15 is 0 Å². The van der Waals surface area contributed by atoms with E-state index in [0.717, 1.165) is 28.6 Å². The topological polar surface area (TPSA) is 149 Å². The van der Waals surface area contributed by atoms with Crippen molar-refractivity contribution in [3.8, 4) is 17.0 Å². The van der Waals surface area contributed by atoms with E-state index in [1.807, 2.05) is 0 Å². The van der Waals surface area contributed by atoms with Crippen LogP contribution in [0.15, 0.2) is 65.6 Å². The molecule has 232 valence electrons. The molecule has 1 aliphatic rings. The van der Waals surface area contributed by atoms with Crippen LogP contribution in [0.3, 0.4) is 0 Å². The summed E-state index contributed by atoms with van der Waals surface area (Å²) < 4.78 is 136. The van der Waals surface area contributed by atoms with Crippen molar-refractivity contribution in [1.82, 2.24) is 10.3 Å². The zero-order valence-electron chi connectivity index (χ0n) is 21.7. The largest absolute Gasteiger partial charge is 0.484 e. The number of halogens is 6. The average molecular weight is 653 g/mol. The molecule has 1 aliphatic heterocycles. The summed E-state index contributed by atoms with van der Waals surface area (Å²) in [6.45, 7) is -0.880. The Morgan fingerprint density at radius 3 is 2.33 bits per heavy atom. The van der Waals surface area contributed by atoms with Crippen LogP contribution in [0.5, 0.6) is 5.75 Å². The molecule has 18 heteroatoms. The summed E-state index contributed by atoms with van der Waals surface area (Å²) in [6, 6.07) is 9.81. The highest BCUT2D eigenvalue weighted by atomic mass is 32.2. The molecule has 1 amide bonds. The van der Waals surface area contributed by atoms with Crippen molar-refractivity contribution in [2.45, 2.75) is 29.8 Å². The van der Waals surface area contributed by atoms with Crippen molar-refractivity contribution < 1.29 is 52.7 Å². The minimum atomic E-state index is -4.86. The van der Waals surface area contributed by atoms with E-state index in [9.17, 15) is 48.0 Å². The number of benzene rings is 2. The number of pyridine rings is 1. The van der Waals surface area contributed by atoms with E-state index in [-0.39, 0.29) is 29.2 Å². The molecule has 3 aromatic rings. The molecule has 1 aromatic heterocycles. The Morgan fingerprint density at radius 2 is 1.67 bits per heavy atom. The van der Waals surface area contributed by atoms with Gasteiger partial charge >= 0.3 is 12.4 Å². The third-order valence-corrected chi connectivity index (χ3v) is 8.66. The van der Waals surface area contributed by atoms with Crippen LogP contribution in [-0.4, -0.2) is 52.7 Å². The number of carbonyl (C=O) groups excluding carboxylic acids is 1. The molecule has 2 aromatic carbocycles. The van der Waals surface area contributed by atoms with Gasteiger partial charge < -0.3 is 10.1 Å². The van der Waals surface area contributed by atoms with Crippen molar-refractivity contribution in [1.29, 1.82) is 0 Å². The van der Waals surface area contributed by atoms with Gasteiger partial charge in [0.2, 0.25) is 15.9 Å². The summed E-state index contributed by atoms with van der Waals surface area (Å²) in [5.41, 5.74) is -2.76. The lowest BCUT2D eigenvalue weighted by Gasteiger charge is -2.36. The number of primary sulfonamides is 1. The molecule has 0 radical (unpaired) electrons. The first-order chi connectivity index (χ1) is 19.8. The molecule has 43 heavy (non-hydrogen) atoms. The molecule has 2 heterocycles. The van der Waals surface area contributed by atoms with Crippen molar-refractivity contribution in [3.63, 3.8) is 0 Å². The molecule has 3 N–H and O–H groups in total. The Balaban J connectivity index is 1.73. The normalized spacial score (nSPS) is 15.9. The third kappa shape index (κ3) is 7.74. The monoisotopic (exact) mass is 652 g/mol. The lowest BCUT2D eigenvalue weighted by Crippen LogP contribution is -2.48. The Kier molecular flexibility index (Phi) is 8.67. The minimum absolute atomic E-state index is 0.0486. The predicted octanol–water partition coefficient (Wildman–Crippen LogP) is 3.54. The second-order valence-corrected chi connectivity index (χ2v) is 12.9. The van der Waals surface area contributed by atoms with Gasteiger partial charge in [0.1, 0.15) is 17.5 Å². The van der Waals surface area contributed by atoms with Gasteiger partial charge in [-0.15, -0.1) is 0 Å². The molecule has 4 rings (SSSR count). The number of alkyl halides is 6. The summed E-state index contributed by atoms with van der Waals surface area (Å²) >= 11 is 0. The third-order valence-electron chi connectivity index (χ3n) is 6.12. The van der Waals surface area contributed by atoms with Crippen LogP contribution >= 0.6 is 0 Å². The van der Waals surface area contributed by atoms with Gasteiger partial charge in [0.15, 0.2) is 0 Å². The average Bonchev–Trinajstić information content (AvgIpc) is 2.93. The zero-order valence-corrected chi connectivity index (χ0v) is 23.3. The highest BCUT2D eigenvalue weighted by molar-refractivity contribution is 7.92. The SMILES string of the molecule is NS(=O)(=O)CCC(=O)NC[C@H]1CN(S(=O)(=O)c2cccc(C(F)(F)F)c2)c2cc(-c3cccc(C(F)(F)F)n3)ccc2O1. The first-order valence-corrected chi connectivity index (χ1v) is 15.3. The second kappa shape index (κ2) is 11.6. The maximum Gasteiger partial charge on any atom is 0.433 e. The van der Waals surface area contributed by atoms with Gasteiger partial charge in [-0.3, -0.25) is 9.10 Å². The number of carbonyl (C=O) groups is 1. The van der Waals surface area contributed by atoms with Crippen LogP contribution in [0.4, 0.5) is 32.0 Å². The number of nitrogens with two attached hydrogens (primary N) is 1. The smallest absolute Gasteiger partial charge is 0.433 e. The molecular weight excluding hydrogens is 630 g/mol. The Bertz CT molecular complexity index is 1750. The summed E-state index contributed by atoms with van der Waals surface area (Å²) in [5, 5.41) is 7.27. The summed E-state index contributed by atoms with van der Waals surface area (Å²) in [4.78, 5) is 15.0. The van der Waals surface area contributed by atoms with Crippen LogP contribution in [0.1, 0.15) is 17.7 Å². The summed E-state index contributed by atoms with van der Waals surface area (Å²) in [7, 11) is -8.69. The summed E-state index contributed by atoms with van der Waals surface area (Å²) in [6.07, 6.45) is -11.2. The van der Waals surface area contributed by atoms with E-state index < -0.39 is 79.3 Å². The van der Waals surface area contributed by atoms with Gasteiger partial charge in [0, 0.05) is 12.0 Å². The molecule has 0 unspecified atom stereocenters. The zero-order chi connectivity index (χ0) is 31.8. The molecule has 1 atom stereocenters. The number of anilines is 1. The van der Waals surface area contributed by atoms with E-state index in [4.69, 9.17) is 9.88 Å². The van der Waals surface area contributed by atoms with E-state index in [1.165, 1.54) is 24.3 Å². The van der Waals surface area contributed by atoms with Crippen molar-refractivity contribution in [2.24, 2.45) is 5.14 Å². The van der Waals surface area contributed by atoms with Crippen molar-refractivity contribution in [3.05, 3.63) is 71.9 Å². The Labute approximate surface area is 241 Å². The van der Waals surface area contributed by atoms with E-state index in [2.05, 4.69) is 10.3 Å².